The fourth-order valence-electron chi connectivity index (χ4n) is 1.74. The lowest BCUT2D eigenvalue weighted by Gasteiger charge is -2.11. The first-order valence-electron chi connectivity index (χ1n) is 5.53. The summed E-state index contributed by atoms with van der Waals surface area (Å²) in [6.07, 6.45) is 1.09. The first-order chi connectivity index (χ1) is 7.19. The van der Waals surface area contributed by atoms with Crippen molar-refractivity contribution in [1.29, 1.82) is 0 Å². The van der Waals surface area contributed by atoms with Crippen molar-refractivity contribution in [3.63, 3.8) is 0 Å². The smallest absolute Gasteiger partial charge is 0.122 e. The predicted octanol–water partition coefficient (Wildman–Crippen LogP) is 2.46. The Morgan fingerprint density at radius 3 is 2.53 bits per heavy atom. The molecule has 0 aliphatic carbocycles. The van der Waals surface area contributed by atoms with E-state index in [0.29, 0.717) is 0 Å². The number of rotatable bonds is 5. The number of nitrogens with one attached hydrogen (secondary N) is 1. The molecule has 0 aromatic heterocycles. The Balaban J connectivity index is 2.76. The number of aryl methyl sites for hydroxylation is 2. The van der Waals surface area contributed by atoms with Gasteiger partial charge in [0, 0.05) is 0 Å². The van der Waals surface area contributed by atoms with E-state index in [4.69, 9.17) is 4.74 Å². The molecule has 0 bridgehead atoms. The number of likely N-dealkylation sites (N-methyl/N-ethyl adjacent to an activating group) is 1. The van der Waals surface area contributed by atoms with Gasteiger partial charge in [-0.3, -0.25) is 0 Å². The molecule has 1 aromatic carbocycles. The Bertz CT molecular complexity index is 321. The van der Waals surface area contributed by atoms with Gasteiger partial charge in [-0.25, -0.2) is 0 Å². The van der Waals surface area contributed by atoms with Crippen molar-refractivity contribution in [3.05, 3.63) is 28.8 Å². The van der Waals surface area contributed by atoms with Gasteiger partial charge in [0.05, 0.1) is 7.11 Å². The lowest BCUT2D eigenvalue weighted by atomic mass is 10.0. The van der Waals surface area contributed by atoms with Crippen molar-refractivity contribution < 1.29 is 4.74 Å². The molecule has 0 saturated carbocycles. The van der Waals surface area contributed by atoms with Gasteiger partial charge in [-0.15, -0.1) is 0 Å². The van der Waals surface area contributed by atoms with Crippen LogP contribution in [0.15, 0.2) is 12.1 Å². The summed E-state index contributed by atoms with van der Waals surface area (Å²) in [5.74, 6) is 0.986. The zero-order valence-corrected chi connectivity index (χ0v) is 10.2. The minimum atomic E-state index is 0.986. The van der Waals surface area contributed by atoms with Gasteiger partial charge in [-0.2, -0.15) is 0 Å². The second-order valence-corrected chi connectivity index (χ2v) is 3.85. The van der Waals surface area contributed by atoms with E-state index in [-0.39, 0.29) is 0 Å². The van der Waals surface area contributed by atoms with E-state index in [1.807, 2.05) is 0 Å². The monoisotopic (exact) mass is 207 g/mol. The van der Waals surface area contributed by atoms with Crippen molar-refractivity contribution in [2.24, 2.45) is 0 Å². The number of benzene rings is 1. The summed E-state index contributed by atoms with van der Waals surface area (Å²) in [5.41, 5.74) is 3.94. The third-order valence-electron chi connectivity index (χ3n) is 2.67. The molecule has 0 atom stereocenters. The molecule has 2 nitrogen and oxygen atoms in total. The van der Waals surface area contributed by atoms with Crippen LogP contribution >= 0.6 is 0 Å². The molecule has 1 N–H and O–H groups in total. The third-order valence-corrected chi connectivity index (χ3v) is 2.67. The topological polar surface area (TPSA) is 21.3 Å². The Morgan fingerprint density at radius 1 is 1.20 bits per heavy atom. The summed E-state index contributed by atoms with van der Waals surface area (Å²) in [4.78, 5) is 0. The molecule has 0 fully saturated rings. The summed E-state index contributed by atoms with van der Waals surface area (Å²) >= 11 is 0. The van der Waals surface area contributed by atoms with E-state index in [0.717, 1.165) is 25.3 Å². The van der Waals surface area contributed by atoms with Gasteiger partial charge in [0.25, 0.3) is 0 Å². The highest BCUT2D eigenvalue weighted by molar-refractivity contribution is 5.41. The Hall–Kier alpha value is -1.02. The second kappa shape index (κ2) is 5.76. The van der Waals surface area contributed by atoms with Crippen LogP contribution in [0.25, 0.3) is 0 Å². The largest absolute Gasteiger partial charge is 0.496 e. The summed E-state index contributed by atoms with van der Waals surface area (Å²) in [6.45, 7) is 8.45. The van der Waals surface area contributed by atoms with Crippen LogP contribution in [0.5, 0.6) is 5.75 Å². The summed E-state index contributed by atoms with van der Waals surface area (Å²) in [5, 5.41) is 3.34. The van der Waals surface area contributed by atoms with Gasteiger partial charge in [-0.1, -0.05) is 13.0 Å². The maximum atomic E-state index is 5.29. The van der Waals surface area contributed by atoms with E-state index >= 15 is 0 Å². The zero-order chi connectivity index (χ0) is 11.3. The Kier molecular flexibility index (Phi) is 4.63. The molecule has 0 heterocycles. The third kappa shape index (κ3) is 3.24. The van der Waals surface area contributed by atoms with Gasteiger partial charge >= 0.3 is 0 Å². The van der Waals surface area contributed by atoms with E-state index in [2.05, 4.69) is 38.2 Å². The first-order valence-corrected chi connectivity index (χ1v) is 5.53. The Labute approximate surface area is 92.6 Å². The van der Waals surface area contributed by atoms with Gasteiger partial charge < -0.3 is 10.1 Å². The molecule has 84 valence electrons. The molecule has 15 heavy (non-hydrogen) atoms. The highest BCUT2D eigenvalue weighted by Gasteiger charge is 2.04. The van der Waals surface area contributed by atoms with E-state index in [1.165, 1.54) is 16.7 Å². The second-order valence-electron chi connectivity index (χ2n) is 3.85. The minimum absolute atomic E-state index is 0.986. The highest BCUT2D eigenvalue weighted by Crippen LogP contribution is 2.22. The van der Waals surface area contributed by atoms with Gasteiger partial charge in [0.1, 0.15) is 5.75 Å². The van der Waals surface area contributed by atoms with E-state index in [1.54, 1.807) is 7.11 Å². The zero-order valence-electron chi connectivity index (χ0n) is 10.2. The van der Waals surface area contributed by atoms with Gasteiger partial charge in [0.15, 0.2) is 0 Å². The molecular weight excluding hydrogens is 186 g/mol. The molecule has 0 radical (unpaired) electrons. The van der Waals surface area contributed by atoms with E-state index < -0.39 is 0 Å². The molecular formula is C13H21NO. The lowest BCUT2D eigenvalue weighted by Crippen LogP contribution is -2.16. The SMILES string of the molecule is CCNCCc1cc(C)c(OC)cc1C. The molecule has 0 aliphatic rings. The predicted molar refractivity (Wildman–Crippen MR) is 64.7 cm³/mol. The van der Waals surface area contributed by atoms with Crippen molar-refractivity contribution >= 4 is 0 Å². The Morgan fingerprint density at radius 2 is 1.93 bits per heavy atom. The van der Waals surface area contributed by atoms with Crippen LogP contribution in [-0.4, -0.2) is 20.2 Å². The van der Waals surface area contributed by atoms with E-state index in [9.17, 15) is 0 Å². The van der Waals surface area contributed by atoms with Crippen LogP contribution in [0, 0.1) is 13.8 Å². The first kappa shape index (κ1) is 12.1. The maximum absolute atomic E-state index is 5.29. The molecule has 0 unspecified atom stereocenters. The fourth-order valence-corrected chi connectivity index (χ4v) is 1.74. The number of methoxy groups -OCH3 is 1. The minimum Gasteiger partial charge on any atom is -0.496 e. The number of ether oxygens (including phenoxy) is 1. The molecule has 0 saturated heterocycles. The summed E-state index contributed by atoms with van der Waals surface area (Å²) in [6, 6.07) is 4.35. The maximum Gasteiger partial charge on any atom is 0.122 e. The van der Waals surface area contributed by atoms with Crippen LogP contribution in [-0.2, 0) is 6.42 Å². The van der Waals surface area contributed by atoms with Crippen molar-refractivity contribution in [1.82, 2.24) is 5.32 Å². The fraction of sp³-hybridized carbons (Fsp3) is 0.538. The van der Waals surface area contributed by atoms with Gasteiger partial charge in [-0.05, 0) is 56.1 Å². The van der Waals surface area contributed by atoms with Crippen LogP contribution in [0.4, 0.5) is 0 Å². The molecule has 2 heteroatoms. The van der Waals surface area contributed by atoms with Crippen molar-refractivity contribution in [2.75, 3.05) is 20.2 Å². The number of hydrogen-bond donors (Lipinski definition) is 1. The summed E-state index contributed by atoms with van der Waals surface area (Å²) < 4.78 is 5.29. The molecule has 0 aliphatic heterocycles. The molecule has 0 amide bonds. The molecule has 1 aromatic rings. The molecule has 0 spiro atoms. The quantitative estimate of drug-likeness (QED) is 0.749. The van der Waals surface area contributed by atoms with Crippen LogP contribution in [0.3, 0.4) is 0 Å². The van der Waals surface area contributed by atoms with Crippen LogP contribution in [0.2, 0.25) is 0 Å². The van der Waals surface area contributed by atoms with Gasteiger partial charge in [0.2, 0.25) is 0 Å². The van der Waals surface area contributed by atoms with Crippen molar-refractivity contribution in [2.45, 2.75) is 27.2 Å². The summed E-state index contributed by atoms with van der Waals surface area (Å²) in [7, 11) is 1.72. The highest BCUT2D eigenvalue weighted by atomic mass is 16.5. The average molecular weight is 207 g/mol. The van der Waals surface area contributed by atoms with Crippen LogP contribution in [0.1, 0.15) is 23.6 Å². The standard InChI is InChI=1S/C13H21NO/c1-5-14-7-6-12-8-11(3)13(15-4)9-10(12)2/h8-9,14H,5-7H2,1-4H3. The normalized spacial score (nSPS) is 10.4. The molecule has 1 rings (SSSR count). The average Bonchev–Trinajstić information content (AvgIpc) is 2.23. The lowest BCUT2D eigenvalue weighted by molar-refractivity contribution is 0.411. The van der Waals surface area contributed by atoms with Crippen molar-refractivity contribution in [3.8, 4) is 5.75 Å². The van der Waals surface area contributed by atoms with Crippen LogP contribution < -0.4 is 10.1 Å². The number of hydrogen-bond acceptors (Lipinski definition) is 2.